The van der Waals surface area contributed by atoms with Gasteiger partial charge in [-0.1, -0.05) is 40.2 Å². The Kier molecular flexibility index (Phi) is 3.53. The van der Waals surface area contributed by atoms with Crippen LogP contribution in [0.4, 0.5) is 0 Å². The van der Waals surface area contributed by atoms with E-state index in [1.165, 1.54) is 0 Å². The van der Waals surface area contributed by atoms with Gasteiger partial charge in [0.05, 0.1) is 5.60 Å². The van der Waals surface area contributed by atoms with Crippen LogP contribution in [-0.2, 0) is 5.60 Å². The number of hydrogen-bond donors (Lipinski definition) is 2. The minimum Gasteiger partial charge on any atom is -0.449 e. The van der Waals surface area contributed by atoms with E-state index >= 15 is 0 Å². The SMILES string of the molecule is CC(O)(CBr)c1ccccc1BO. The summed E-state index contributed by atoms with van der Waals surface area (Å²) in [4.78, 5) is 0. The average molecular weight is 243 g/mol. The van der Waals surface area contributed by atoms with Crippen LogP contribution in [0, 0.1) is 0 Å². The van der Waals surface area contributed by atoms with Gasteiger partial charge in [-0.3, -0.25) is 0 Å². The Morgan fingerprint density at radius 2 is 2.08 bits per heavy atom. The second-order valence-corrected chi connectivity index (χ2v) is 3.78. The van der Waals surface area contributed by atoms with E-state index in [9.17, 15) is 5.11 Å². The standard InChI is InChI=1S/C9H12BBrO2/c1-9(12,6-11)7-4-2-3-5-8(7)10-13/h2-5,10,12-13H,6H2,1H3. The summed E-state index contributed by atoms with van der Waals surface area (Å²) in [6, 6.07) is 7.34. The molecule has 0 saturated heterocycles. The van der Waals surface area contributed by atoms with Crippen molar-refractivity contribution in [2.45, 2.75) is 12.5 Å². The highest BCUT2D eigenvalue weighted by Gasteiger charge is 2.23. The van der Waals surface area contributed by atoms with Crippen LogP contribution >= 0.6 is 15.9 Å². The fraction of sp³-hybridized carbons (Fsp3) is 0.333. The Bertz CT molecular complexity index is 289. The highest BCUT2D eigenvalue weighted by molar-refractivity contribution is 9.09. The maximum Gasteiger partial charge on any atom is 0.305 e. The van der Waals surface area contributed by atoms with Gasteiger partial charge in [0.25, 0.3) is 0 Å². The van der Waals surface area contributed by atoms with E-state index in [0.717, 1.165) is 11.0 Å². The molecule has 1 aromatic rings. The van der Waals surface area contributed by atoms with E-state index in [1.54, 1.807) is 6.92 Å². The molecule has 0 amide bonds. The lowest BCUT2D eigenvalue weighted by molar-refractivity contribution is 0.0863. The molecule has 70 valence electrons. The van der Waals surface area contributed by atoms with Gasteiger partial charge in [0.15, 0.2) is 0 Å². The lowest BCUT2D eigenvalue weighted by atomic mass is 9.79. The number of aliphatic hydroxyl groups is 1. The van der Waals surface area contributed by atoms with Gasteiger partial charge in [-0.25, -0.2) is 0 Å². The van der Waals surface area contributed by atoms with E-state index in [2.05, 4.69) is 15.9 Å². The molecule has 0 aliphatic carbocycles. The Morgan fingerprint density at radius 1 is 1.46 bits per heavy atom. The van der Waals surface area contributed by atoms with Crippen molar-refractivity contribution in [2.75, 3.05) is 5.33 Å². The molecule has 0 saturated carbocycles. The van der Waals surface area contributed by atoms with Crippen LogP contribution in [0.3, 0.4) is 0 Å². The molecule has 1 rings (SSSR count). The molecule has 0 bridgehead atoms. The highest BCUT2D eigenvalue weighted by Crippen LogP contribution is 2.20. The molecule has 0 aromatic heterocycles. The molecule has 0 spiro atoms. The second kappa shape index (κ2) is 4.27. The number of alkyl halides is 1. The van der Waals surface area contributed by atoms with Crippen LogP contribution in [0.1, 0.15) is 12.5 Å². The average Bonchev–Trinajstić information content (AvgIpc) is 2.18. The fourth-order valence-corrected chi connectivity index (χ4v) is 1.56. The normalized spacial score (nSPS) is 15.1. The molecule has 0 aliphatic heterocycles. The molecular formula is C9H12BBrO2. The quantitative estimate of drug-likeness (QED) is 0.590. The number of halogens is 1. The van der Waals surface area contributed by atoms with E-state index in [4.69, 9.17) is 5.02 Å². The molecule has 2 nitrogen and oxygen atoms in total. The molecule has 4 heteroatoms. The fourth-order valence-electron chi connectivity index (χ4n) is 1.26. The lowest BCUT2D eigenvalue weighted by Gasteiger charge is -2.23. The molecule has 2 N–H and O–H groups in total. The van der Waals surface area contributed by atoms with Gasteiger partial charge < -0.3 is 10.1 Å². The number of hydrogen-bond acceptors (Lipinski definition) is 2. The smallest absolute Gasteiger partial charge is 0.305 e. The summed E-state index contributed by atoms with van der Waals surface area (Å²) in [6.45, 7) is 1.72. The van der Waals surface area contributed by atoms with Gasteiger partial charge in [0, 0.05) is 5.33 Å². The van der Waals surface area contributed by atoms with Crippen molar-refractivity contribution in [3.05, 3.63) is 29.8 Å². The van der Waals surface area contributed by atoms with Crippen molar-refractivity contribution in [1.29, 1.82) is 0 Å². The minimum absolute atomic E-state index is 0.0423. The van der Waals surface area contributed by atoms with Gasteiger partial charge in [-0.2, -0.15) is 0 Å². The molecule has 13 heavy (non-hydrogen) atoms. The van der Waals surface area contributed by atoms with Crippen molar-refractivity contribution in [2.24, 2.45) is 0 Å². The molecule has 0 radical (unpaired) electrons. The van der Waals surface area contributed by atoms with Crippen molar-refractivity contribution in [3.8, 4) is 0 Å². The Labute approximate surface area is 87.0 Å². The highest BCUT2D eigenvalue weighted by atomic mass is 79.9. The molecule has 0 heterocycles. The third-order valence-corrected chi connectivity index (χ3v) is 3.12. The molecule has 0 aliphatic rings. The number of rotatable bonds is 3. The first-order chi connectivity index (χ1) is 6.11. The van der Waals surface area contributed by atoms with Crippen molar-refractivity contribution in [3.63, 3.8) is 0 Å². The summed E-state index contributed by atoms with van der Waals surface area (Å²) in [5.41, 5.74) is 0.626. The van der Waals surface area contributed by atoms with Crippen molar-refractivity contribution < 1.29 is 10.1 Å². The van der Waals surface area contributed by atoms with E-state index in [-0.39, 0.29) is 7.48 Å². The molecule has 1 unspecified atom stereocenters. The zero-order valence-corrected chi connectivity index (χ0v) is 9.08. The van der Waals surface area contributed by atoms with Gasteiger partial charge in [-0.05, 0) is 17.9 Å². The molecule has 1 atom stereocenters. The van der Waals surface area contributed by atoms with Crippen LogP contribution in [0.25, 0.3) is 0 Å². The summed E-state index contributed by atoms with van der Waals surface area (Å²) in [7, 11) is -0.0423. The molecule has 1 aromatic carbocycles. The monoisotopic (exact) mass is 242 g/mol. The summed E-state index contributed by atoms with van der Waals surface area (Å²) in [5, 5.41) is 19.5. The minimum atomic E-state index is -0.917. The topological polar surface area (TPSA) is 40.5 Å². The predicted molar refractivity (Wildman–Crippen MR) is 58.8 cm³/mol. The van der Waals surface area contributed by atoms with Gasteiger partial charge >= 0.3 is 7.48 Å². The number of benzene rings is 1. The molecule has 0 fully saturated rings. The van der Waals surface area contributed by atoms with Gasteiger partial charge in [0.2, 0.25) is 0 Å². The van der Waals surface area contributed by atoms with Gasteiger partial charge in [-0.15, -0.1) is 0 Å². The van der Waals surface area contributed by atoms with Crippen molar-refractivity contribution >= 4 is 28.9 Å². The lowest BCUT2D eigenvalue weighted by Crippen LogP contribution is -2.32. The maximum atomic E-state index is 9.95. The summed E-state index contributed by atoms with van der Waals surface area (Å²) < 4.78 is 0. The third-order valence-electron chi connectivity index (χ3n) is 2.03. The van der Waals surface area contributed by atoms with Crippen LogP contribution in [0.2, 0.25) is 0 Å². The summed E-state index contributed by atoms with van der Waals surface area (Å²) >= 11 is 3.24. The summed E-state index contributed by atoms with van der Waals surface area (Å²) in [5.74, 6) is 0. The largest absolute Gasteiger partial charge is 0.449 e. The Morgan fingerprint density at radius 3 is 2.62 bits per heavy atom. The second-order valence-electron chi connectivity index (χ2n) is 3.22. The van der Waals surface area contributed by atoms with E-state index < -0.39 is 5.60 Å². The zero-order chi connectivity index (χ0) is 9.90. The van der Waals surface area contributed by atoms with Gasteiger partial charge in [0.1, 0.15) is 0 Å². The van der Waals surface area contributed by atoms with Crippen LogP contribution in [-0.4, -0.2) is 22.9 Å². The van der Waals surface area contributed by atoms with Crippen LogP contribution in [0.5, 0.6) is 0 Å². The summed E-state index contributed by atoms with van der Waals surface area (Å²) in [6.07, 6.45) is 0. The third kappa shape index (κ3) is 2.33. The van der Waals surface area contributed by atoms with E-state index in [0.29, 0.717) is 5.33 Å². The Balaban J connectivity index is 3.12. The van der Waals surface area contributed by atoms with Crippen LogP contribution in [0.15, 0.2) is 24.3 Å². The zero-order valence-electron chi connectivity index (χ0n) is 7.50. The first kappa shape index (κ1) is 10.8. The molecular weight excluding hydrogens is 231 g/mol. The first-order valence-corrected chi connectivity index (χ1v) is 5.21. The predicted octanol–water partition coefficient (Wildman–Crippen LogP) is 0.258. The van der Waals surface area contributed by atoms with E-state index in [1.807, 2.05) is 24.3 Å². The van der Waals surface area contributed by atoms with Crippen molar-refractivity contribution in [1.82, 2.24) is 0 Å². The first-order valence-electron chi connectivity index (χ1n) is 4.09. The Hall–Kier alpha value is -0.315. The van der Waals surface area contributed by atoms with Crippen LogP contribution < -0.4 is 5.46 Å². The maximum absolute atomic E-state index is 9.95.